The standard InChI is InChI=1S/C18H14FN3O4S/c19-15-8-4-5-9-18(15)27(25,26)21-17-12-14(22(23)24)10-11-16(17)20-13-6-2-1-3-7-13/h1-12,20-21H. The summed E-state index contributed by atoms with van der Waals surface area (Å²) in [6.45, 7) is 0. The molecule has 0 aromatic heterocycles. The molecule has 0 heterocycles. The Morgan fingerprint density at radius 3 is 2.22 bits per heavy atom. The second kappa shape index (κ2) is 7.42. The van der Waals surface area contributed by atoms with Crippen molar-refractivity contribution >= 4 is 32.8 Å². The molecule has 0 aliphatic heterocycles. The maximum Gasteiger partial charge on any atom is 0.271 e. The lowest BCUT2D eigenvalue weighted by atomic mass is 10.2. The first kappa shape index (κ1) is 18.3. The maximum absolute atomic E-state index is 13.9. The normalized spacial score (nSPS) is 11.0. The van der Waals surface area contributed by atoms with Crippen LogP contribution in [0.25, 0.3) is 0 Å². The third kappa shape index (κ3) is 4.21. The Morgan fingerprint density at radius 2 is 1.56 bits per heavy atom. The van der Waals surface area contributed by atoms with E-state index in [0.717, 1.165) is 18.2 Å². The summed E-state index contributed by atoms with van der Waals surface area (Å²) in [5, 5.41) is 14.0. The molecule has 0 saturated heterocycles. The predicted molar refractivity (Wildman–Crippen MR) is 100 cm³/mol. The molecular weight excluding hydrogens is 373 g/mol. The largest absolute Gasteiger partial charge is 0.354 e. The van der Waals surface area contributed by atoms with Crippen molar-refractivity contribution in [1.82, 2.24) is 0 Å². The Bertz CT molecular complexity index is 1090. The summed E-state index contributed by atoms with van der Waals surface area (Å²) in [5.74, 6) is -0.923. The molecule has 3 rings (SSSR count). The number of benzene rings is 3. The Morgan fingerprint density at radius 1 is 0.889 bits per heavy atom. The van der Waals surface area contributed by atoms with Crippen molar-refractivity contribution in [2.24, 2.45) is 0 Å². The van der Waals surface area contributed by atoms with Crippen LogP contribution in [0.15, 0.2) is 77.7 Å². The lowest BCUT2D eigenvalue weighted by molar-refractivity contribution is -0.384. The van der Waals surface area contributed by atoms with Crippen LogP contribution in [0, 0.1) is 15.9 Å². The number of sulfonamides is 1. The van der Waals surface area contributed by atoms with Crippen LogP contribution in [0.2, 0.25) is 0 Å². The predicted octanol–water partition coefficient (Wildman–Crippen LogP) is 4.28. The van der Waals surface area contributed by atoms with Crippen LogP contribution in [0.5, 0.6) is 0 Å². The van der Waals surface area contributed by atoms with Gasteiger partial charge in [-0.25, -0.2) is 12.8 Å². The van der Waals surface area contributed by atoms with Gasteiger partial charge in [-0.05, 0) is 30.3 Å². The number of para-hydroxylation sites is 1. The number of hydrogen-bond acceptors (Lipinski definition) is 5. The Labute approximate surface area is 154 Å². The fraction of sp³-hybridized carbons (Fsp3) is 0. The SMILES string of the molecule is O=[N+]([O-])c1ccc(Nc2ccccc2)c(NS(=O)(=O)c2ccccc2F)c1. The van der Waals surface area contributed by atoms with Crippen LogP contribution in [0.3, 0.4) is 0 Å². The first-order valence-electron chi connectivity index (χ1n) is 7.75. The number of rotatable bonds is 6. The number of non-ortho nitro benzene ring substituents is 1. The average Bonchev–Trinajstić information content (AvgIpc) is 2.64. The molecule has 0 unspecified atom stereocenters. The average molecular weight is 387 g/mol. The summed E-state index contributed by atoms with van der Waals surface area (Å²) in [6.07, 6.45) is 0. The number of hydrogen-bond donors (Lipinski definition) is 2. The molecule has 2 N–H and O–H groups in total. The van der Waals surface area contributed by atoms with E-state index >= 15 is 0 Å². The molecule has 9 heteroatoms. The monoisotopic (exact) mass is 387 g/mol. The molecule has 0 amide bonds. The fourth-order valence-electron chi connectivity index (χ4n) is 2.38. The topological polar surface area (TPSA) is 101 Å². The number of nitrogens with one attached hydrogen (secondary N) is 2. The second-order valence-corrected chi connectivity index (χ2v) is 7.16. The molecule has 3 aromatic carbocycles. The van der Waals surface area contributed by atoms with Crippen LogP contribution in [-0.2, 0) is 10.0 Å². The highest BCUT2D eigenvalue weighted by Crippen LogP contribution is 2.31. The van der Waals surface area contributed by atoms with Gasteiger partial charge in [0, 0.05) is 17.8 Å². The van der Waals surface area contributed by atoms with Crippen molar-refractivity contribution in [3.05, 3.63) is 88.7 Å². The Hall–Kier alpha value is -3.46. The minimum atomic E-state index is -4.29. The Kier molecular flexibility index (Phi) is 5.04. The van der Waals surface area contributed by atoms with Crippen molar-refractivity contribution < 1.29 is 17.7 Å². The molecular formula is C18H14FN3O4S. The second-order valence-electron chi connectivity index (χ2n) is 5.51. The smallest absolute Gasteiger partial charge is 0.271 e. The molecule has 138 valence electrons. The lowest BCUT2D eigenvalue weighted by Crippen LogP contribution is -2.15. The minimum Gasteiger partial charge on any atom is -0.354 e. The van der Waals surface area contributed by atoms with Crippen molar-refractivity contribution in [3.8, 4) is 0 Å². The van der Waals surface area contributed by atoms with Crippen LogP contribution < -0.4 is 10.0 Å². The summed E-state index contributed by atoms with van der Waals surface area (Å²) in [4.78, 5) is 9.86. The number of nitro benzene ring substituents is 1. The number of nitro groups is 1. The zero-order chi connectivity index (χ0) is 19.4. The summed E-state index contributed by atoms with van der Waals surface area (Å²) >= 11 is 0. The van der Waals surface area contributed by atoms with Crippen LogP contribution in [0.1, 0.15) is 0 Å². The minimum absolute atomic E-state index is 0.0729. The van der Waals surface area contributed by atoms with Gasteiger partial charge >= 0.3 is 0 Å². The molecule has 0 atom stereocenters. The molecule has 0 radical (unpaired) electrons. The number of anilines is 3. The fourth-order valence-corrected chi connectivity index (χ4v) is 3.53. The summed E-state index contributed by atoms with van der Waals surface area (Å²) in [7, 11) is -4.29. The van der Waals surface area contributed by atoms with Crippen molar-refractivity contribution in [2.75, 3.05) is 10.0 Å². The van der Waals surface area contributed by atoms with E-state index in [2.05, 4.69) is 10.0 Å². The van der Waals surface area contributed by atoms with Crippen LogP contribution in [0.4, 0.5) is 27.1 Å². The summed E-state index contributed by atoms with van der Waals surface area (Å²) in [5.41, 5.74) is 0.556. The van der Waals surface area contributed by atoms with E-state index in [0.29, 0.717) is 5.69 Å². The van der Waals surface area contributed by atoms with Gasteiger partial charge in [-0.2, -0.15) is 0 Å². The highest BCUT2D eigenvalue weighted by Gasteiger charge is 2.21. The molecule has 0 spiro atoms. The van der Waals surface area contributed by atoms with Gasteiger partial charge in [-0.15, -0.1) is 0 Å². The lowest BCUT2D eigenvalue weighted by Gasteiger charge is -2.14. The van der Waals surface area contributed by atoms with E-state index in [-0.39, 0.29) is 17.1 Å². The van der Waals surface area contributed by atoms with Crippen molar-refractivity contribution in [2.45, 2.75) is 4.90 Å². The highest BCUT2D eigenvalue weighted by molar-refractivity contribution is 7.92. The van der Waals surface area contributed by atoms with Gasteiger partial charge < -0.3 is 5.32 Å². The first-order valence-corrected chi connectivity index (χ1v) is 9.23. The van der Waals surface area contributed by atoms with E-state index in [4.69, 9.17) is 0 Å². The number of halogens is 1. The highest BCUT2D eigenvalue weighted by atomic mass is 32.2. The van der Waals surface area contributed by atoms with E-state index in [1.807, 2.05) is 6.07 Å². The van der Waals surface area contributed by atoms with E-state index in [1.165, 1.54) is 24.3 Å². The molecule has 7 nitrogen and oxygen atoms in total. The van der Waals surface area contributed by atoms with E-state index in [9.17, 15) is 22.9 Å². The molecule has 0 saturated carbocycles. The molecule has 0 fully saturated rings. The van der Waals surface area contributed by atoms with Gasteiger partial charge in [-0.3, -0.25) is 14.8 Å². The van der Waals surface area contributed by atoms with Gasteiger partial charge in [0.25, 0.3) is 15.7 Å². The van der Waals surface area contributed by atoms with Crippen LogP contribution >= 0.6 is 0 Å². The summed E-state index contributed by atoms with van der Waals surface area (Å²) < 4.78 is 41.2. The zero-order valence-electron chi connectivity index (χ0n) is 13.8. The molecule has 27 heavy (non-hydrogen) atoms. The third-order valence-corrected chi connectivity index (χ3v) is 5.04. The maximum atomic E-state index is 13.9. The first-order chi connectivity index (χ1) is 12.9. The van der Waals surface area contributed by atoms with Gasteiger partial charge in [0.15, 0.2) is 0 Å². The van der Waals surface area contributed by atoms with Gasteiger partial charge in [-0.1, -0.05) is 30.3 Å². The quantitative estimate of drug-likeness (QED) is 0.486. The molecule has 0 aliphatic carbocycles. The van der Waals surface area contributed by atoms with Crippen molar-refractivity contribution in [3.63, 3.8) is 0 Å². The van der Waals surface area contributed by atoms with Gasteiger partial charge in [0.05, 0.1) is 16.3 Å². The van der Waals surface area contributed by atoms with Gasteiger partial charge in [0.1, 0.15) is 10.7 Å². The molecule has 0 aliphatic rings. The van der Waals surface area contributed by atoms with E-state index < -0.39 is 25.7 Å². The number of nitrogens with zero attached hydrogens (tertiary/aromatic N) is 1. The summed E-state index contributed by atoms with van der Waals surface area (Å²) in [6, 6.07) is 17.4. The van der Waals surface area contributed by atoms with Crippen molar-refractivity contribution in [1.29, 1.82) is 0 Å². The Balaban J connectivity index is 2.03. The van der Waals surface area contributed by atoms with E-state index in [1.54, 1.807) is 24.3 Å². The van der Waals surface area contributed by atoms with Gasteiger partial charge in [0.2, 0.25) is 0 Å². The third-order valence-electron chi connectivity index (χ3n) is 3.64. The molecule has 0 bridgehead atoms. The molecule has 3 aromatic rings. The zero-order valence-corrected chi connectivity index (χ0v) is 14.6. The van der Waals surface area contributed by atoms with Crippen LogP contribution in [-0.4, -0.2) is 13.3 Å².